The lowest BCUT2D eigenvalue weighted by atomic mass is 10.2. The summed E-state index contributed by atoms with van der Waals surface area (Å²) in [6.07, 6.45) is 3.31. The van der Waals surface area contributed by atoms with Gasteiger partial charge in [0.05, 0.1) is 6.10 Å². The Bertz CT molecular complexity index is 380. The molecule has 5 heteroatoms. The third kappa shape index (κ3) is 2.91. The summed E-state index contributed by atoms with van der Waals surface area (Å²) in [5.74, 6) is 0.478. The molecule has 1 saturated heterocycles. The van der Waals surface area contributed by atoms with Crippen LogP contribution in [0.4, 0.5) is 5.82 Å². The van der Waals surface area contributed by atoms with Crippen LogP contribution >= 0.6 is 22.6 Å². The molecular weight excluding hydrogens is 319 g/mol. The number of amides is 1. The molecule has 0 aliphatic carbocycles. The molecule has 1 aliphatic rings. The highest BCUT2D eigenvalue weighted by Crippen LogP contribution is 2.20. The predicted molar refractivity (Wildman–Crippen MR) is 69.2 cm³/mol. The van der Waals surface area contributed by atoms with E-state index in [1.165, 1.54) is 0 Å². The summed E-state index contributed by atoms with van der Waals surface area (Å²) < 4.78 is 6.52. The van der Waals surface area contributed by atoms with Crippen molar-refractivity contribution in [2.75, 3.05) is 5.32 Å². The summed E-state index contributed by atoms with van der Waals surface area (Å²) in [6, 6.07) is 3.69. The van der Waals surface area contributed by atoms with E-state index in [0.717, 1.165) is 16.4 Å². The van der Waals surface area contributed by atoms with Crippen LogP contribution in [0.5, 0.6) is 0 Å². The monoisotopic (exact) mass is 332 g/mol. The number of rotatable bonds is 2. The SMILES string of the molecule is CC1CCC(C(=O)Nc2ccc(I)cn2)O1. The Kier molecular flexibility index (Phi) is 3.75. The number of aromatic nitrogens is 1. The predicted octanol–water partition coefficient (Wildman–Crippen LogP) is 2.19. The molecule has 0 spiro atoms. The van der Waals surface area contributed by atoms with Crippen molar-refractivity contribution in [3.05, 3.63) is 21.9 Å². The molecule has 1 fully saturated rings. The van der Waals surface area contributed by atoms with Crippen molar-refractivity contribution >= 4 is 34.3 Å². The van der Waals surface area contributed by atoms with Gasteiger partial charge in [-0.1, -0.05) is 0 Å². The van der Waals surface area contributed by atoms with Crippen molar-refractivity contribution in [1.82, 2.24) is 4.98 Å². The van der Waals surface area contributed by atoms with E-state index in [2.05, 4.69) is 32.9 Å². The van der Waals surface area contributed by atoms with Gasteiger partial charge in [-0.15, -0.1) is 0 Å². The van der Waals surface area contributed by atoms with Gasteiger partial charge in [-0.3, -0.25) is 4.79 Å². The number of halogens is 1. The molecule has 2 heterocycles. The molecule has 16 heavy (non-hydrogen) atoms. The molecule has 4 nitrogen and oxygen atoms in total. The number of hydrogen-bond donors (Lipinski definition) is 1. The van der Waals surface area contributed by atoms with Gasteiger partial charge in [0, 0.05) is 9.77 Å². The van der Waals surface area contributed by atoms with Crippen molar-refractivity contribution in [3.63, 3.8) is 0 Å². The van der Waals surface area contributed by atoms with Crippen LogP contribution in [0.25, 0.3) is 0 Å². The Morgan fingerprint density at radius 1 is 1.56 bits per heavy atom. The van der Waals surface area contributed by atoms with E-state index in [1.807, 2.05) is 13.0 Å². The minimum Gasteiger partial charge on any atom is -0.365 e. The molecule has 1 aliphatic heterocycles. The van der Waals surface area contributed by atoms with Gasteiger partial charge in [-0.05, 0) is 54.5 Å². The standard InChI is InChI=1S/C11H13IN2O2/c1-7-2-4-9(16-7)11(15)14-10-5-3-8(12)6-13-10/h3,5-7,9H,2,4H2,1H3,(H,13,14,15). The summed E-state index contributed by atoms with van der Waals surface area (Å²) in [6.45, 7) is 1.98. The van der Waals surface area contributed by atoms with Crippen LogP contribution in [0.2, 0.25) is 0 Å². The summed E-state index contributed by atoms with van der Waals surface area (Å²) >= 11 is 2.17. The van der Waals surface area contributed by atoms with E-state index in [0.29, 0.717) is 5.82 Å². The van der Waals surface area contributed by atoms with Crippen molar-refractivity contribution in [3.8, 4) is 0 Å². The zero-order valence-corrected chi connectivity index (χ0v) is 11.1. The van der Waals surface area contributed by atoms with Gasteiger partial charge in [0.2, 0.25) is 0 Å². The van der Waals surface area contributed by atoms with Crippen LogP contribution in [0.3, 0.4) is 0 Å². The number of carbonyl (C=O) groups is 1. The van der Waals surface area contributed by atoms with Crippen LogP contribution in [0, 0.1) is 3.57 Å². The highest BCUT2D eigenvalue weighted by molar-refractivity contribution is 14.1. The van der Waals surface area contributed by atoms with Gasteiger partial charge < -0.3 is 10.1 Å². The van der Waals surface area contributed by atoms with E-state index in [4.69, 9.17) is 4.74 Å². The minimum absolute atomic E-state index is 0.0990. The average molecular weight is 332 g/mol. The molecular formula is C11H13IN2O2. The molecule has 0 bridgehead atoms. The van der Waals surface area contributed by atoms with Crippen LogP contribution in [0.1, 0.15) is 19.8 Å². The zero-order chi connectivity index (χ0) is 11.5. The first-order chi connectivity index (χ1) is 7.65. The number of anilines is 1. The van der Waals surface area contributed by atoms with E-state index in [9.17, 15) is 4.79 Å². The largest absolute Gasteiger partial charge is 0.365 e. The smallest absolute Gasteiger partial charge is 0.254 e. The maximum atomic E-state index is 11.8. The Morgan fingerprint density at radius 3 is 2.94 bits per heavy atom. The molecule has 2 unspecified atom stereocenters. The van der Waals surface area contributed by atoms with Gasteiger partial charge in [-0.2, -0.15) is 0 Å². The second-order valence-electron chi connectivity index (χ2n) is 3.86. The second kappa shape index (κ2) is 5.09. The Labute approximate surface area is 108 Å². The molecule has 0 saturated carbocycles. The first-order valence-electron chi connectivity index (χ1n) is 5.23. The fourth-order valence-electron chi connectivity index (χ4n) is 1.65. The molecule has 1 aromatic heterocycles. The Balaban J connectivity index is 1.94. The first kappa shape index (κ1) is 11.8. The second-order valence-corrected chi connectivity index (χ2v) is 5.11. The first-order valence-corrected chi connectivity index (χ1v) is 6.31. The summed E-state index contributed by atoms with van der Waals surface area (Å²) in [5, 5.41) is 2.75. The fraction of sp³-hybridized carbons (Fsp3) is 0.455. The van der Waals surface area contributed by atoms with Gasteiger partial charge in [0.15, 0.2) is 0 Å². The quantitative estimate of drug-likeness (QED) is 0.845. The maximum absolute atomic E-state index is 11.8. The number of pyridine rings is 1. The summed E-state index contributed by atoms with van der Waals surface area (Å²) in [7, 11) is 0. The maximum Gasteiger partial charge on any atom is 0.254 e. The number of nitrogens with one attached hydrogen (secondary N) is 1. The van der Waals surface area contributed by atoms with E-state index >= 15 is 0 Å². The summed E-state index contributed by atoms with van der Waals surface area (Å²) in [5.41, 5.74) is 0. The van der Waals surface area contributed by atoms with Crippen LogP contribution in [0.15, 0.2) is 18.3 Å². The van der Waals surface area contributed by atoms with Gasteiger partial charge >= 0.3 is 0 Å². The van der Waals surface area contributed by atoms with E-state index in [1.54, 1.807) is 12.3 Å². The van der Waals surface area contributed by atoms with Gasteiger partial charge in [0.25, 0.3) is 5.91 Å². The lowest BCUT2D eigenvalue weighted by Gasteiger charge is -2.10. The summed E-state index contributed by atoms with van der Waals surface area (Å²) in [4.78, 5) is 15.9. The van der Waals surface area contributed by atoms with Crippen LogP contribution in [-0.2, 0) is 9.53 Å². The highest BCUT2D eigenvalue weighted by Gasteiger charge is 2.28. The molecule has 1 N–H and O–H groups in total. The zero-order valence-electron chi connectivity index (χ0n) is 8.94. The minimum atomic E-state index is -0.323. The molecule has 1 amide bonds. The van der Waals surface area contributed by atoms with Gasteiger partial charge in [0.1, 0.15) is 11.9 Å². The van der Waals surface area contributed by atoms with Crippen molar-refractivity contribution in [2.24, 2.45) is 0 Å². The number of nitrogens with zero attached hydrogens (tertiary/aromatic N) is 1. The lowest BCUT2D eigenvalue weighted by Crippen LogP contribution is -2.28. The normalized spacial score (nSPS) is 24.4. The number of ether oxygens (including phenoxy) is 1. The van der Waals surface area contributed by atoms with Crippen molar-refractivity contribution < 1.29 is 9.53 Å². The third-order valence-electron chi connectivity index (χ3n) is 2.50. The topological polar surface area (TPSA) is 51.2 Å². The number of hydrogen-bond acceptors (Lipinski definition) is 3. The number of carbonyl (C=O) groups excluding carboxylic acids is 1. The molecule has 86 valence electrons. The molecule has 2 atom stereocenters. The van der Waals surface area contributed by atoms with E-state index < -0.39 is 0 Å². The molecule has 1 aromatic rings. The van der Waals surface area contributed by atoms with Crippen LogP contribution in [-0.4, -0.2) is 23.1 Å². The molecule has 0 aromatic carbocycles. The Hall–Kier alpha value is -0.690. The van der Waals surface area contributed by atoms with Crippen molar-refractivity contribution in [1.29, 1.82) is 0 Å². The van der Waals surface area contributed by atoms with Crippen molar-refractivity contribution in [2.45, 2.75) is 32.0 Å². The molecule has 0 radical (unpaired) electrons. The molecule has 2 rings (SSSR count). The fourth-order valence-corrected chi connectivity index (χ4v) is 1.97. The highest BCUT2D eigenvalue weighted by atomic mass is 127. The van der Waals surface area contributed by atoms with E-state index in [-0.39, 0.29) is 18.1 Å². The van der Waals surface area contributed by atoms with Crippen LogP contribution < -0.4 is 5.32 Å². The third-order valence-corrected chi connectivity index (χ3v) is 3.14. The Morgan fingerprint density at radius 2 is 2.38 bits per heavy atom. The lowest BCUT2D eigenvalue weighted by molar-refractivity contribution is -0.126. The van der Waals surface area contributed by atoms with Gasteiger partial charge in [-0.25, -0.2) is 4.98 Å². The average Bonchev–Trinajstić information content (AvgIpc) is 2.68.